The number of hydrogen-bond donors (Lipinski definition) is 0. The van der Waals surface area contributed by atoms with Gasteiger partial charge in [0.1, 0.15) is 22.3 Å². The van der Waals surface area contributed by atoms with Crippen molar-refractivity contribution in [3.8, 4) is 10.6 Å². The molecule has 1 aromatic heterocycles. The van der Waals surface area contributed by atoms with Gasteiger partial charge in [0.2, 0.25) is 6.29 Å². The quantitative estimate of drug-likeness (QED) is 0.799. The van der Waals surface area contributed by atoms with Crippen molar-refractivity contribution in [3.63, 3.8) is 0 Å². The molecule has 0 saturated heterocycles. The van der Waals surface area contributed by atoms with E-state index < -0.39 is 17.9 Å². The summed E-state index contributed by atoms with van der Waals surface area (Å²) in [6.45, 7) is 0. The van der Waals surface area contributed by atoms with Crippen LogP contribution in [0.25, 0.3) is 10.6 Å². The zero-order chi connectivity index (χ0) is 13.1. The lowest BCUT2D eigenvalue weighted by Crippen LogP contribution is -2.03. The van der Waals surface area contributed by atoms with Gasteiger partial charge in [-0.15, -0.1) is 11.3 Å². The molecule has 0 radical (unpaired) electrons. The van der Waals surface area contributed by atoms with Crippen LogP contribution in [0.3, 0.4) is 0 Å². The Balaban J connectivity index is 2.37. The van der Waals surface area contributed by atoms with Crippen LogP contribution in [0.15, 0.2) is 23.6 Å². The molecular formula is C12H11F2NO2S. The molecule has 0 aliphatic heterocycles. The Morgan fingerprint density at radius 1 is 1.22 bits per heavy atom. The van der Waals surface area contributed by atoms with Gasteiger partial charge < -0.3 is 9.47 Å². The summed E-state index contributed by atoms with van der Waals surface area (Å²) in [5.74, 6) is -1.01. The van der Waals surface area contributed by atoms with E-state index in [4.69, 9.17) is 9.47 Å². The molecule has 1 heterocycles. The van der Waals surface area contributed by atoms with Gasteiger partial charge in [0, 0.05) is 25.2 Å². The minimum Gasteiger partial charge on any atom is -0.350 e. The number of rotatable bonds is 4. The number of ether oxygens (including phenoxy) is 2. The molecule has 6 heteroatoms. The molecule has 3 nitrogen and oxygen atoms in total. The van der Waals surface area contributed by atoms with Gasteiger partial charge in [0.05, 0.1) is 0 Å². The largest absolute Gasteiger partial charge is 0.350 e. The van der Waals surface area contributed by atoms with E-state index in [1.165, 1.54) is 25.6 Å². The predicted molar refractivity (Wildman–Crippen MR) is 64.2 cm³/mol. The van der Waals surface area contributed by atoms with Crippen molar-refractivity contribution < 1.29 is 18.3 Å². The van der Waals surface area contributed by atoms with E-state index in [0.717, 1.165) is 18.2 Å². The maximum atomic E-state index is 13.6. The van der Waals surface area contributed by atoms with Crippen LogP contribution in [0.5, 0.6) is 0 Å². The van der Waals surface area contributed by atoms with Gasteiger partial charge in [0.25, 0.3) is 0 Å². The van der Waals surface area contributed by atoms with Crippen molar-refractivity contribution in [2.24, 2.45) is 0 Å². The number of thiazole rings is 1. The van der Waals surface area contributed by atoms with Gasteiger partial charge in [-0.2, -0.15) is 0 Å². The van der Waals surface area contributed by atoms with Crippen LogP contribution in [-0.2, 0) is 9.47 Å². The second-order valence-corrected chi connectivity index (χ2v) is 4.36. The fraction of sp³-hybridized carbons (Fsp3) is 0.250. The zero-order valence-corrected chi connectivity index (χ0v) is 10.6. The topological polar surface area (TPSA) is 31.4 Å². The summed E-state index contributed by atoms with van der Waals surface area (Å²) in [5.41, 5.74) is 0.667. The van der Waals surface area contributed by atoms with E-state index >= 15 is 0 Å². The minimum absolute atomic E-state index is 0.136. The second kappa shape index (κ2) is 5.51. The smallest absolute Gasteiger partial charge is 0.201 e. The van der Waals surface area contributed by atoms with Crippen molar-refractivity contribution in [2.45, 2.75) is 6.29 Å². The van der Waals surface area contributed by atoms with Gasteiger partial charge in [-0.1, -0.05) is 0 Å². The third-order valence-corrected chi connectivity index (χ3v) is 3.24. The number of nitrogens with zero attached hydrogens (tertiary/aromatic N) is 1. The van der Waals surface area contributed by atoms with E-state index in [9.17, 15) is 8.78 Å². The molecule has 2 aromatic rings. The van der Waals surface area contributed by atoms with E-state index in [1.807, 2.05) is 0 Å². The zero-order valence-electron chi connectivity index (χ0n) is 9.81. The molecule has 2 rings (SSSR count). The van der Waals surface area contributed by atoms with Crippen molar-refractivity contribution in [2.75, 3.05) is 14.2 Å². The normalized spacial score (nSPS) is 11.2. The van der Waals surface area contributed by atoms with Crippen LogP contribution in [-0.4, -0.2) is 19.2 Å². The Hall–Kier alpha value is -1.37. The molecule has 0 saturated carbocycles. The molecule has 0 amide bonds. The number of aromatic nitrogens is 1. The Morgan fingerprint density at radius 3 is 2.61 bits per heavy atom. The SMILES string of the molecule is COC(OC)c1csc(-c2cc(F)ccc2F)n1. The van der Waals surface area contributed by atoms with Crippen molar-refractivity contribution in [1.29, 1.82) is 0 Å². The minimum atomic E-state index is -0.605. The van der Waals surface area contributed by atoms with Gasteiger partial charge in [-0.05, 0) is 18.2 Å². The third kappa shape index (κ3) is 2.55. The molecule has 0 spiro atoms. The summed E-state index contributed by atoms with van der Waals surface area (Å²) in [4.78, 5) is 4.19. The molecule has 0 aliphatic rings. The van der Waals surface area contributed by atoms with E-state index in [0.29, 0.717) is 10.7 Å². The number of methoxy groups -OCH3 is 2. The Kier molecular flexibility index (Phi) is 4.00. The van der Waals surface area contributed by atoms with E-state index in [2.05, 4.69) is 4.98 Å². The van der Waals surface area contributed by atoms with Gasteiger partial charge in [-0.3, -0.25) is 0 Å². The fourth-order valence-corrected chi connectivity index (χ4v) is 2.35. The van der Waals surface area contributed by atoms with Crippen molar-refractivity contribution in [1.82, 2.24) is 4.98 Å². The Labute approximate surface area is 107 Å². The summed E-state index contributed by atoms with van der Waals surface area (Å²) in [5, 5.41) is 2.08. The number of hydrogen-bond acceptors (Lipinski definition) is 4. The van der Waals surface area contributed by atoms with E-state index in [1.54, 1.807) is 5.38 Å². The number of halogens is 2. The molecule has 1 aromatic carbocycles. The maximum Gasteiger partial charge on any atom is 0.201 e. The Morgan fingerprint density at radius 2 is 1.94 bits per heavy atom. The highest BCUT2D eigenvalue weighted by molar-refractivity contribution is 7.13. The lowest BCUT2D eigenvalue weighted by molar-refractivity contribution is -0.108. The molecule has 0 fully saturated rings. The summed E-state index contributed by atoms with van der Waals surface area (Å²) in [6.07, 6.45) is -0.605. The first-order valence-corrected chi connectivity index (χ1v) is 6.00. The average molecular weight is 271 g/mol. The van der Waals surface area contributed by atoms with Gasteiger partial charge >= 0.3 is 0 Å². The first kappa shape index (κ1) is 13.1. The van der Waals surface area contributed by atoms with Crippen LogP contribution in [0.1, 0.15) is 12.0 Å². The lowest BCUT2D eigenvalue weighted by Gasteiger charge is -2.09. The predicted octanol–water partition coefficient (Wildman–Crippen LogP) is 3.38. The Bertz CT molecular complexity index is 541. The summed E-state index contributed by atoms with van der Waals surface area (Å²) in [7, 11) is 2.96. The van der Waals surface area contributed by atoms with Crippen LogP contribution in [0.4, 0.5) is 8.78 Å². The average Bonchev–Trinajstić information content (AvgIpc) is 2.83. The molecule has 0 aliphatic carbocycles. The van der Waals surface area contributed by atoms with Crippen LogP contribution >= 0.6 is 11.3 Å². The molecule has 0 unspecified atom stereocenters. The van der Waals surface area contributed by atoms with E-state index in [-0.39, 0.29) is 5.56 Å². The third-order valence-electron chi connectivity index (χ3n) is 2.35. The van der Waals surface area contributed by atoms with Crippen LogP contribution in [0.2, 0.25) is 0 Å². The van der Waals surface area contributed by atoms with Gasteiger partial charge in [-0.25, -0.2) is 13.8 Å². The molecule has 0 atom stereocenters. The van der Waals surface area contributed by atoms with Crippen molar-refractivity contribution in [3.05, 3.63) is 40.9 Å². The first-order chi connectivity index (χ1) is 8.65. The van der Waals surface area contributed by atoms with Crippen molar-refractivity contribution >= 4 is 11.3 Å². The highest BCUT2D eigenvalue weighted by Crippen LogP contribution is 2.29. The lowest BCUT2D eigenvalue weighted by atomic mass is 10.2. The maximum absolute atomic E-state index is 13.6. The second-order valence-electron chi connectivity index (χ2n) is 3.51. The van der Waals surface area contributed by atoms with Crippen LogP contribution < -0.4 is 0 Å². The first-order valence-electron chi connectivity index (χ1n) is 5.12. The molecule has 0 N–H and O–H groups in total. The highest BCUT2D eigenvalue weighted by Gasteiger charge is 2.16. The van der Waals surface area contributed by atoms with Gasteiger partial charge in [0.15, 0.2) is 0 Å². The molecular weight excluding hydrogens is 260 g/mol. The summed E-state index contributed by atoms with van der Waals surface area (Å²) in [6, 6.07) is 3.27. The number of benzene rings is 1. The highest BCUT2D eigenvalue weighted by atomic mass is 32.1. The summed E-state index contributed by atoms with van der Waals surface area (Å²) >= 11 is 1.21. The van der Waals surface area contributed by atoms with Crippen LogP contribution in [0, 0.1) is 11.6 Å². The monoisotopic (exact) mass is 271 g/mol. The molecule has 96 valence electrons. The molecule has 18 heavy (non-hydrogen) atoms. The summed E-state index contributed by atoms with van der Waals surface area (Å²) < 4.78 is 36.7. The molecule has 0 bridgehead atoms. The standard InChI is InChI=1S/C12H11F2NO2S/c1-16-12(17-2)10-6-18-11(15-10)8-5-7(13)3-4-9(8)14/h3-6,12H,1-2H3. The fourth-order valence-electron chi connectivity index (χ4n) is 1.52.